The summed E-state index contributed by atoms with van der Waals surface area (Å²) in [6, 6.07) is 0. The van der Waals surface area contributed by atoms with Crippen molar-refractivity contribution in [3.63, 3.8) is 0 Å². The molecular formula is C14H22N2O2. The number of amides is 2. The summed E-state index contributed by atoms with van der Waals surface area (Å²) >= 11 is 0. The van der Waals surface area contributed by atoms with Crippen LogP contribution >= 0.6 is 0 Å². The van der Waals surface area contributed by atoms with Crippen molar-refractivity contribution in [1.29, 1.82) is 0 Å². The molecule has 0 aromatic heterocycles. The smallest absolute Gasteiger partial charge is 0.248 e. The summed E-state index contributed by atoms with van der Waals surface area (Å²) in [5, 5.41) is 3.11. The Bertz CT molecular complexity index is 379. The minimum Gasteiger partial charge on any atom is -0.340 e. The zero-order valence-corrected chi connectivity index (χ0v) is 11.1. The third-order valence-electron chi connectivity index (χ3n) is 5.27. The second kappa shape index (κ2) is 3.97. The van der Waals surface area contributed by atoms with Gasteiger partial charge in [-0.2, -0.15) is 0 Å². The van der Waals surface area contributed by atoms with Gasteiger partial charge in [0, 0.05) is 7.05 Å². The zero-order chi connectivity index (χ0) is 12.8. The first-order chi connectivity index (χ1) is 8.61. The Balaban J connectivity index is 1.92. The lowest BCUT2D eigenvalue weighted by molar-refractivity contribution is -0.162. The van der Waals surface area contributed by atoms with E-state index in [2.05, 4.69) is 5.32 Å². The molecule has 1 N–H and O–H groups in total. The lowest BCUT2D eigenvalue weighted by Crippen LogP contribution is -2.74. The maximum absolute atomic E-state index is 12.7. The Morgan fingerprint density at radius 1 is 0.944 bits per heavy atom. The number of carbonyl (C=O) groups is 2. The maximum atomic E-state index is 12.7. The lowest BCUT2D eigenvalue weighted by atomic mass is 9.76. The van der Waals surface area contributed by atoms with E-state index in [-0.39, 0.29) is 11.8 Å². The fourth-order valence-electron chi connectivity index (χ4n) is 4.07. The molecule has 0 atom stereocenters. The molecule has 3 fully saturated rings. The van der Waals surface area contributed by atoms with Crippen LogP contribution in [0, 0.1) is 0 Å². The summed E-state index contributed by atoms with van der Waals surface area (Å²) in [6.07, 6.45) is 8.68. The monoisotopic (exact) mass is 250 g/mol. The average molecular weight is 250 g/mol. The highest BCUT2D eigenvalue weighted by Crippen LogP contribution is 2.42. The highest BCUT2D eigenvalue weighted by atomic mass is 16.2. The van der Waals surface area contributed by atoms with Gasteiger partial charge in [-0.25, -0.2) is 0 Å². The number of hydrogen-bond acceptors (Lipinski definition) is 2. The van der Waals surface area contributed by atoms with Crippen molar-refractivity contribution >= 4 is 11.8 Å². The molecule has 2 spiro atoms. The standard InChI is InChI=1S/C14H22N2O2/c1-16-12(18)13(7-3-2-4-8-13)15-11(17)14(16)9-5-6-10-14/h2-10H2,1H3,(H,15,17). The molecule has 1 aliphatic heterocycles. The molecule has 1 saturated heterocycles. The number of piperazine rings is 1. The SMILES string of the molecule is CN1C(=O)C2(CCCCC2)NC(=O)C12CCCC2. The molecule has 18 heavy (non-hydrogen) atoms. The van der Waals surface area contributed by atoms with Gasteiger partial charge in [-0.1, -0.05) is 32.1 Å². The fourth-order valence-corrected chi connectivity index (χ4v) is 4.07. The summed E-state index contributed by atoms with van der Waals surface area (Å²) in [5.74, 6) is 0.257. The highest BCUT2D eigenvalue weighted by Gasteiger charge is 2.57. The van der Waals surface area contributed by atoms with Crippen molar-refractivity contribution in [1.82, 2.24) is 10.2 Å². The Kier molecular flexibility index (Phi) is 2.65. The second-order valence-corrected chi connectivity index (χ2v) is 6.20. The molecule has 0 bridgehead atoms. The van der Waals surface area contributed by atoms with Gasteiger partial charge in [-0.3, -0.25) is 9.59 Å². The van der Waals surface area contributed by atoms with Crippen LogP contribution in [0.5, 0.6) is 0 Å². The van der Waals surface area contributed by atoms with Gasteiger partial charge in [0.1, 0.15) is 11.1 Å². The molecule has 0 aromatic rings. The van der Waals surface area contributed by atoms with Crippen LogP contribution in [0.4, 0.5) is 0 Å². The van der Waals surface area contributed by atoms with Crippen molar-refractivity contribution in [2.24, 2.45) is 0 Å². The van der Waals surface area contributed by atoms with E-state index < -0.39 is 11.1 Å². The van der Waals surface area contributed by atoms with Crippen LogP contribution in [-0.4, -0.2) is 34.8 Å². The van der Waals surface area contributed by atoms with Crippen molar-refractivity contribution < 1.29 is 9.59 Å². The molecule has 4 heteroatoms. The minimum absolute atomic E-state index is 0.101. The quantitative estimate of drug-likeness (QED) is 0.710. The number of likely N-dealkylation sites (N-methyl/N-ethyl adjacent to an activating group) is 1. The first kappa shape index (κ1) is 12.0. The van der Waals surface area contributed by atoms with Crippen LogP contribution in [0.15, 0.2) is 0 Å². The first-order valence-electron chi connectivity index (χ1n) is 7.22. The van der Waals surface area contributed by atoms with Crippen LogP contribution in [0.1, 0.15) is 57.8 Å². The van der Waals surface area contributed by atoms with E-state index in [9.17, 15) is 9.59 Å². The van der Waals surface area contributed by atoms with Gasteiger partial charge in [0.2, 0.25) is 11.8 Å². The summed E-state index contributed by atoms with van der Waals surface area (Å²) in [7, 11) is 1.84. The van der Waals surface area contributed by atoms with Crippen molar-refractivity contribution in [3.05, 3.63) is 0 Å². The Labute approximate surface area is 108 Å². The molecule has 0 radical (unpaired) electrons. The third kappa shape index (κ3) is 1.44. The largest absolute Gasteiger partial charge is 0.340 e. The Morgan fingerprint density at radius 3 is 2.11 bits per heavy atom. The van der Waals surface area contributed by atoms with Gasteiger partial charge >= 0.3 is 0 Å². The molecule has 0 unspecified atom stereocenters. The van der Waals surface area contributed by atoms with Crippen LogP contribution in [-0.2, 0) is 9.59 Å². The topological polar surface area (TPSA) is 49.4 Å². The van der Waals surface area contributed by atoms with Crippen LogP contribution in [0.2, 0.25) is 0 Å². The summed E-state index contributed by atoms with van der Waals surface area (Å²) in [5.41, 5.74) is -1.10. The van der Waals surface area contributed by atoms with Crippen LogP contribution in [0.3, 0.4) is 0 Å². The van der Waals surface area contributed by atoms with Crippen molar-refractivity contribution in [2.45, 2.75) is 68.9 Å². The van der Waals surface area contributed by atoms with Crippen LogP contribution < -0.4 is 5.32 Å². The maximum Gasteiger partial charge on any atom is 0.248 e. The molecular weight excluding hydrogens is 228 g/mol. The summed E-state index contributed by atoms with van der Waals surface area (Å²) < 4.78 is 0. The van der Waals surface area contributed by atoms with E-state index >= 15 is 0 Å². The van der Waals surface area contributed by atoms with Gasteiger partial charge in [0.05, 0.1) is 0 Å². The number of carbonyl (C=O) groups excluding carboxylic acids is 2. The summed E-state index contributed by atoms with van der Waals surface area (Å²) in [4.78, 5) is 27.0. The predicted molar refractivity (Wildman–Crippen MR) is 67.9 cm³/mol. The molecule has 2 aliphatic carbocycles. The Morgan fingerprint density at radius 2 is 1.50 bits per heavy atom. The molecule has 1 heterocycles. The number of rotatable bonds is 0. The van der Waals surface area contributed by atoms with E-state index in [0.717, 1.165) is 51.4 Å². The van der Waals surface area contributed by atoms with Crippen molar-refractivity contribution in [2.75, 3.05) is 7.05 Å². The van der Waals surface area contributed by atoms with E-state index in [1.165, 1.54) is 6.42 Å². The van der Waals surface area contributed by atoms with Gasteiger partial charge < -0.3 is 10.2 Å². The summed E-state index contributed by atoms with van der Waals surface area (Å²) in [6.45, 7) is 0. The van der Waals surface area contributed by atoms with Gasteiger partial charge in [-0.05, 0) is 25.7 Å². The highest BCUT2D eigenvalue weighted by molar-refractivity contribution is 6.02. The van der Waals surface area contributed by atoms with E-state index in [1.807, 2.05) is 7.05 Å². The fraction of sp³-hybridized carbons (Fsp3) is 0.857. The van der Waals surface area contributed by atoms with E-state index in [0.29, 0.717) is 0 Å². The second-order valence-electron chi connectivity index (χ2n) is 6.20. The molecule has 0 aromatic carbocycles. The van der Waals surface area contributed by atoms with Gasteiger partial charge in [0.25, 0.3) is 0 Å². The number of hydrogen-bond donors (Lipinski definition) is 1. The average Bonchev–Trinajstić information content (AvgIpc) is 2.87. The normalized spacial score (nSPS) is 29.9. The number of nitrogens with zero attached hydrogens (tertiary/aromatic N) is 1. The van der Waals surface area contributed by atoms with E-state index in [1.54, 1.807) is 4.90 Å². The molecule has 2 saturated carbocycles. The van der Waals surface area contributed by atoms with Gasteiger partial charge in [-0.15, -0.1) is 0 Å². The zero-order valence-electron chi connectivity index (χ0n) is 11.1. The van der Waals surface area contributed by atoms with Crippen molar-refractivity contribution in [3.8, 4) is 0 Å². The predicted octanol–water partition coefficient (Wildman–Crippen LogP) is 1.59. The van der Waals surface area contributed by atoms with E-state index in [4.69, 9.17) is 0 Å². The lowest BCUT2D eigenvalue weighted by Gasteiger charge is -2.51. The molecule has 100 valence electrons. The minimum atomic E-state index is -0.572. The number of nitrogens with one attached hydrogen (secondary N) is 1. The first-order valence-corrected chi connectivity index (χ1v) is 7.22. The molecule has 2 amide bonds. The third-order valence-corrected chi connectivity index (χ3v) is 5.27. The molecule has 3 aliphatic rings. The van der Waals surface area contributed by atoms with Crippen LogP contribution in [0.25, 0.3) is 0 Å². The van der Waals surface area contributed by atoms with Gasteiger partial charge in [0.15, 0.2) is 0 Å². The molecule has 3 rings (SSSR count). The molecule has 4 nitrogen and oxygen atoms in total. The Hall–Kier alpha value is -1.06.